The number of hydrogen-bond donors (Lipinski definition) is 3. The molecule has 0 heterocycles. The molecule has 3 nitrogen and oxygen atoms in total. The fraction of sp³-hybridized carbons (Fsp3) is 0.455. The number of hydrogen-bond acceptors (Lipinski definition) is 3. The second-order valence-corrected chi connectivity index (χ2v) is 3.91. The van der Waals surface area contributed by atoms with Crippen LogP contribution in [-0.4, -0.2) is 16.3 Å². The highest BCUT2D eigenvalue weighted by atomic mass is 16.3. The summed E-state index contributed by atoms with van der Waals surface area (Å²) in [4.78, 5) is 0. The summed E-state index contributed by atoms with van der Waals surface area (Å²) in [6.45, 7) is 2.02. The molecule has 14 heavy (non-hydrogen) atoms. The monoisotopic (exact) mass is 193 g/mol. The van der Waals surface area contributed by atoms with Crippen LogP contribution in [0.5, 0.6) is 11.5 Å². The summed E-state index contributed by atoms with van der Waals surface area (Å²) in [6.07, 6.45) is 2.45. The van der Waals surface area contributed by atoms with Crippen LogP contribution in [0.15, 0.2) is 18.2 Å². The molecule has 1 saturated carbocycles. The first kappa shape index (κ1) is 9.34. The normalized spacial score (nSPS) is 18.1. The molecule has 2 rings (SSSR count). The van der Waals surface area contributed by atoms with E-state index in [0.29, 0.717) is 6.04 Å². The minimum atomic E-state index is 0.102. The predicted octanol–water partition coefficient (Wildman–Crippen LogP) is 1.91. The zero-order valence-electron chi connectivity index (χ0n) is 8.20. The molecule has 0 spiro atoms. The Morgan fingerprint density at radius 2 is 2.07 bits per heavy atom. The number of rotatable bonds is 3. The average molecular weight is 193 g/mol. The van der Waals surface area contributed by atoms with Gasteiger partial charge >= 0.3 is 0 Å². The van der Waals surface area contributed by atoms with E-state index in [4.69, 9.17) is 5.11 Å². The van der Waals surface area contributed by atoms with Crippen LogP contribution < -0.4 is 5.32 Å². The van der Waals surface area contributed by atoms with E-state index >= 15 is 0 Å². The highest BCUT2D eigenvalue weighted by molar-refractivity contribution is 5.40. The van der Waals surface area contributed by atoms with Gasteiger partial charge in [0.25, 0.3) is 0 Å². The third-order valence-corrected chi connectivity index (χ3v) is 2.54. The molecule has 1 fully saturated rings. The van der Waals surface area contributed by atoms with Crippen LogP contribution in [0.1, 0.15) is 31.4 Å². The van der Waals surface area contributed by atoms with Crippen LogP contribution in [0, 0.1) is 0 Å². The third-order valence-electron chi connectivity index (χ3n) is 2.54. The van der Waals surface area contributed by atoms with Gasteiger partial charge in [-0.05, 0) is 25.8 Å². The van der Waals surface area contributed by atoms with Crippen molar-refractivity contribution in [3.05, 3.63) is 23.8 Å². The van der Waals surface area contributed by atoms with E-state index in [2.05, 4.69) is 5.32 Å². The van der Waals surface area contributed by atoms with Gasteiger partial charge in [-0.25, -0.2) is 0 Å². The second-order valence-electron chi connectivity index (χ2n) is 3.91. The summed E-state index contributed by atoms with van der Waals surface area (Å²) >= 11 is 0. The number of aromatic hydroxyl groups is 2. The van der Waals surface area contributed by atoms with Crippen molar-refractivity contribution < 1.29 is 10.2 Å². The van der Waals surface area contributed by atoms with Crippen molar-refractivity contribution in [2.75, 3.05) is 0 Å². The molecule has 3 N–H and O–H groups in total. The van der Waals surface area contributed by atoms with E-state index in [1.807, 2.05) is 6.92 Å². The first-order valence-corrected chi connectivity index (χ1v) is 4.95. The average Bonchev–Trinajstić information content (AvgIpc) is 2.87. The van der Waals surface area contributed by atoms with Crippen molar-refractivity contribution in [1.29, 1.82) is 0 Å². The Bertz CT molecular complexity index is 334. The molecular weight excluding hydrogens is 178 g/mol. The Morgan fingerprint density at radius 3 is 2.64 bits per heavy atom. The highest BCUT2D eigenvalue weighted by Gasteiger charge is 2.24. The van der Waals surface area contributed by atoms with Crippen molar-refractivity contribution >= 4 is 0 Å². The molecule has 76 valence electrons. The standard InChI is InChI=1S/C11H15NO2/c1-7(12-8-2-3-8)10-5-4-9(13)6-11(10)14/h4-8,12-14H,2-3H2,1H3. The lowest BCUT2D eigenvalue weighted by molar-refractivity contribution is 0.436. The molecule has 0 saturated heterocycles. The molecule has 0 aromatic heterocycles. The van der Waals surface area contributed by atoms with Crippen LogP contribution >= 0.6 is 0 Å². The Morgan fingerprint density at radius 1 is 1.36 bits per heavy atom. The van der Waals surface area contributed by atoms with E-state index in [1.165, 1.54) is 18.9 Å². The molecule has 0 bridgehead atoms. The van der Waals surface area contributed by atoms with Crippen molar-refractivity contribution in [3.8, 4) is 11.5 Å². The molecule has 1 atom stereocenters. The quantitative estimate of drug-likeness (QED) is 0.687. The molecule has 1 aromatic rings. The van der Waals surface area contributed by atoms with Gasteiger partial charge in [-0.2, -0.15) is 0 Å². The summed E-state index contributed by atoms with van der Waals surface area (Å²) in [5.74, 6) is 0.260. The van der Waals surface area contributed by atoms with E-state index in [-0.39, 0.29) is 17.5 Å². The summed E-state index contributed by atoms with van der Waals surface area (Å²) in [6, 6.07) is 5.48. The van der Waals surface area contributed by atoms with Crippen LogP contribution in [-0.2, 0) is 0 Å². The largest absolute Gasteiger partial charge is 0.508 e. The van der Waals surface area contributed by atoms with Gasteiger partial charge in [0.1, 0.15) is 11.5 Å². The van der Waals surface area contributed by atoms with Gasteiger partial charge in [0.2, 0.25) is 0 Å². The van der Waals surface area contributed by atoms with Gasteiger partial charge in [-0.3, -0.25) is 0 Å². The van der Waals surface area contributed by atoms with Crippen molar-refractivity contribution in [3.63, 3.8) is 0 Å². The van der Waals surface area contributed by atoms with Crippen LogP contribution in [0.2, 0.25) is 0 Å². The lowest BCUT2D eigenvalue weighted by Crippen LogP contribution is -2.20. The molecule has 3 heteroatoms. The van der Waals surface area contributed by atoms with Crippen LogP contribution in [0.25, 0.3) is 0 Å². The molecule has 1 unspecified atom stereocenters. The Balaban J connectivity index is 2.13. The molecule has 1 aliphatic carbocycles. The third kappa shape index (κ3) is 1.99. The highest BCUT2D eigenvalue weighted by Crippen LogP contribution is 2.30. The van der Waals surface area contributed by atoms with E-state index in [1.54, 1.807) is 12.1 Å². The number of benzene rings is 1. The fourth-order valence-electron chi connectivity index (χ4n) is 1.59. The Kier molecular flexibility index (Phi) is 2.33. The molecule has 1 aromatic carbocycles. The number of phenols is 2. The number of phenolic OH excluding ortho intramolecular Hbond substituents is 2. The number of nitrogens with one attached hydrogen (secondary N) is 1. The molecule has 0 amide bonds. The molecular formula is C11H15NO2. The summed E-state index contributed by atoms with van der Waals surface area (Å²) in [5, 5.41) is 22.1. The zero-order chi connectivity index (χ0) is 10.1. The minimum absolute atomic E-state index is 0.102. The SMILES string of the molecule is CC(NC1CC1)c1ccc(O)cc1O. The maximum absolute atomic E-state index is 9.60. The van der Waals surface area contributed by atoms with Crippen molar-refractivity contribution in [1.82, 2.24) is 5.32 Å². The summed E-state index contributed by atoms with van der Waals surface area (Å²) in [7, 11) is 0. The maximum atomic E-state index is 9.60. The Labute approximate surface area is 83.4 Å². The second kappa shape index (κ2) is 3.50. The zero-order valence-corrected chi connectivity index (χ0v) is 8.20. The maximum Gasteiger partial charge on any atom is 0.124 e. The first-order valence-electron chi connectivity index (χ1n) is 4.95. The van der Waals surface area contributed by atoms with Gasteiger partial charge in [-0.1, -0.05) is 6.07 Å². The molecule has 1 aliphatic rings. The first-order chi connectivity index (χ1) is 6.66. The van der Waals surface area contributed by atoms with Crippen molar-refractivity contribution in [2.45, 2.75) is 31.8 Å². The topological polar surface area (TPSA) is 52.5 Å². The van der Waals surface area contributed by atoms with Gasteiger partial charge < -0.3 is 15.5 Å². The van der Waals surface area contributed by atoms with Crippen LogP contribution in [0.4, 0.5) is 0 Å². The molecule has 0 aliphatic heterocycles. The lowest BCUT2D eigenvalue weighted by atomic mass is 10.1. The van der Waals surface area contributed by atoms with Gasteiger partial charge in [-0.15, -0.1) is 0 Å². The fourth-order valence-corrected chi connectivity index (χ4v) is 1.59. The van der Waals surface area contributed by atoms with Crippen molar-refractivity contribution in [2.24, 2.45) is 0 Å². The summed E-state index contributed by atoms with van der Waals surface area (Å²) in [5.41, 5.74) is 0.842. The van der Waals surface area contributed by atoms with Crippen LogP contribution in [0.3, 0.4) is 0 Å². The lowest BCUT2D eigenvalue weighted by Gasteiger charge is -2.15. The minimum Gasteiger partial charge on any atom is -0.508 e. The van der Waals surface area contributed by atoms with Gasteiger partial charge in [0.15, 0.2) is 0 Å². The van der Waals surface area contributed by atoms with Gasteiger partial charge in [0, 0.05) is 23.7 Å². The van der Waals surface area contributed by atoms with E-state index < -0.39 is 0 Å². The smallest absolute Gasteiger partial charge is 0.124 e. The van der Waals surface area contributed by atoms with Gasteiger partial charge in [0.05, 0.1) is 0 Å². The summed E-state index contributed by atoms with van der Waals surface area (Å²) < 4.78 is 0. The Hall–Kier alpha value is -1.22. The van der Waals surface area contributed by atoms with E-state index in [9.17, 15) is 5.11 Å². The predicted molar refractivity (Wildman–Crippen MR) is 54.3 cm³/mol. The van der Waals surface area contributed by atoms with E-state index in [0.717, 1.165) is 5.56 Å². The molecule has 0 radical (unpaired) electrons.